The molecule has 0 saturated heterocycles. The van der Waals surface area contributed by atoms with Crippen molar-refractivity contribution in [3.05, 3.63) is 63.6 Å². The van der Waals surface area contributed by atoms with E-state index < -0.39 is 0 Å². The third kappa shape index (κ3) is 4.07. The van der Waals surface area contributed by atoms with Crippen molar-refractivity contribution in [3.63, 3.8) is 0 Å². The molecule has 2 aromatic rings. The summed E-state index contributed by atoms with van der Waals surface area (Å²) in [5.41, 5.74) is 3.24. The van der Waals surface area contributed by atoms with Crippen LogP contribution in [-0.4, -0.2) is 12.2 Å². The first-order chi connectivity index (χ1) is 9.72. The predicted octanol–water partition coefficient (Wildman–Crippen LogP) is 3.24. The summed E-state index contributed by atoms with van der Waals surface area (Å²) in [7, 11) is 1.68. The zero-order chi connectivity index (χ0) is 14.4. The molecule has 0 aliphatic rings. The van der Waals surface area contributed by atoms with E-state index in [0.29, 0.717) is 0 Å². The lowest BCUT2D eigenvalue weighted by Crippen LogP contribution is -2.13. The number of hydrogen-bond donors (Lipinski definition) is 2. The van der Waals surface area contributed by atoms with Crippen LogP contribution in [0.15, 0.2) is 46.9 Å². The molecule has 0 atom stereocenters. The molecule has 20 heavy (non-hydrogen) atoms. The van der Waals surface area contributed by atoms with E-state index in [1.165, 1.54) is 5.56 Å². The Labute approximate surface area is 127 Å². The average Bonchev–Trinajstić information content (AvgIpc) is 2.48. The molecule has 0 aliphatic heterocycles. The van der Waals surface area contributed by atoms with E-state index in [4.69, 9.17) is 9.84 Å². The smallest absolute Gasteiger partial charge is 0.123 e. The van der Waals surface area contributed by atoms with Gasteiger partial charge in [0.05, 0.1) is 13.7 Å². The van der Waals surface area contributed by atoms with Gasteiger partial charge >= 0.3 is 0 Å². The number of benzene rings is 2. The molecule has 0 spiro atoms. The van der Waals surface area contributed by atoms with Crippen LogP contribution in [0.25, 0.3) is 0 Å². The van der Waals surface area contributed by atoms with Crippen LogP contribution in [-0.2, 0) is 19.7 Å². The third-order valence-electron chi connectivity index (χ3n) is 3.09. The van der Waals surface area contributed by atoms with Crippen molar-refractivity contribution in [1.82, 2.24) is 5.32 Å². The number of nitrogens with one attached hydrogen (secondary N) is 1. The molecule has 0 fully saturated rings. The average molecular weight is 336 g/mol. The highest BCUT2D eigenvalue weighted by molar-refractivity contribution is 9.10. The Balaban J connectivity index is 1.93. The fraction of sp³-hybridized carbons (Fsp3) is 0.250. The summed E-state index contributed by atoms with van der Waals surface area (Å²) in [4.78, 5) is 0. The second kappa shape index (κ2) is 7.43. The van der Waals surface area contributed by atoms with Crippen molar-refractivity contribution in [2.75, 3.05) is 7.11 Å². The minimum absolute atomic E-state index is 0.0863. The molecule has 3 nitrogen and oxygen atoms in total. The molecule has 0 bridgehead atoms. The lowest BCUT2D eigenvalue weighted by Gasteiger charge is -2.10. The van der Waals surface area contributed by atoms with Crippen molar-refractivity contribution in [1.29, 1.82) is 0 Å². The van der Waals surface area contributed by atoms with Gasteiger partial charge in [-0.1, -0.05) is 40.2 Å². The number of rotatable bonds is 6. The number of aliphatic hydroxyl groups is 1. The Hall–Kier alpha value is -1.36. The molecule has 2 N–H and O–H groups in total. The highest BCUT2D eigenvalue weighted by atomic mass is 79.9. The maximum absolute atomic E-state index is 9.00. The molecular weight excluding hydrogens is 318 g/mol. The molecule has 0 heterocycles. The third-order valence-corrected chi connectivity index (χ3v) is 3.59. The highest BCUT2D eigenvalue weighted by Crippen LogP contribution is 2.22. The number of ether oxygens (including phenoxy) is 1. The van der Waals surface area contributed by atoms with Gasteiger partial charge in [-0.2, -0.15) is 0 Å². The van der Waals surface area contributed by atoms with Crippen LogP contribution >= 0.6 is 15.9 Å². The van der Waals surface area contributed by atoms with Crippen LogP contribution in [0.5, 0.6) is 5.75 Å². The summed E-state index contributed by atoms with van der Waals surface area (Å²) in [6, 6.07) is 13.9. The van der Waals surface area contributed by atoms with E-state index in [2.05, 4.69) is 27.3 Å². The van der Waals surface area contributed by atoms with Crippen LogP contribution < -0.4 is 10.1 Å². The largest absolute Gasteiger partial charge is 0.496 e. The van der Waals surface area contributed by atoms with Crippen molar-refractivity contribution >= 4 is 15.9 Å². The molecular formula is C16H18BrNO2. The quantitative estimate of drug-likeness (QED) is 0.851. The van der Waals surface area contributed by atoms with E-state index >= 15 is 0 Å². The van der Waals surface area contributed by atoms with Gasteiger partial charge < -0.3 is 15.2 Å². The first-order valence-corrected chi connectivity index (χ1v) is 7.24. The summed E-state index contributed by atoms with van der Waals surface area (Å²) >= 11 is 3.47. The molecule has 106 valence electrons. The molecule has 0 aromatic heterocycles. The minimum atomic E-state index is 0.0863. The second-order valence-corrected chi connectivity index (χ2v) is 5.45. The Bertz CT molecular complexity index is 555. The second-order valence-electron chi connectivity index (χ2n) is 4.53. The molecule has 0 amide bonds. The van der Waals surface area contributed by atoms with Crippen molar-refractivity contribution in [3.8, 4) is 5.75 Å². The normalized spacial score (nSPS) is 10.6. The molecule has 2 aromatic carbocycles. The van der Waals surface area contributed by atoms with Crippen LogP contribution in [0.3, 0.4) is 0 Å². The minimum Gasteiger partial charge on any atom is -0.496 e. The zero-order valence-corrected chi connectivity index (χ0v) is 13.0. The molecule has 0 unspecified atom stereocenters. The Morgan fingerprint density at radius 3 is 2.40 bits per heavy atom. The lowest BCUT2D eigenvalue weighted by atomic mass is 10.1. The van der Waals surface area contributed by atoms with E-state index in [-0.39, 0.29) is 6.61 Å². The summed E-state index contributed by atoms with van der Waals surface area (Å²) in [5.74, 6) is 0.885. The summed E-state index contributed by atoms with van der Waals surface area (Å²) < 4.78 is 6.39. The van der Waals surface area contributed by atoms with Gasteiger partial charge in [-0.15, -0.1) is 0 Å². The molecule has 0 aliphatic carbocycles. The van der Waals surface area contributed by atoms with E-state index in [0.717, 1.165) is 34.4 Å². The van der Waals surface area contributed by atoms with Crippen molar-refractivity contribution in [2.24, 2.45) is 0 Å². The van der Waals surface area contributed by atoms with Crippen LogP contribution in [0.4, 0.5) is 0 Å². The van der Waals surface area contributed by atoms with Gasteiger partial charge in [-0.25, -0.2) is 0 Å². The SMILES string of the molecule is COc1ccc(Br)cc1CNCc1ccc(CO)cc1. The molecule has 0 saturated carbocycles. The fourth-order valence-electron chi connectivity index (χ4n) is 1.99. The number of hydrogen-bond acceptors (Lipinski definition) is 3. The topological polar surface area (TPSA) is 41.5 Å². The number of aliphatic hydroxyl groups excluding tert-OH is 1. The molecule has 2 rings (SSSR count). The van der Waals surface area contributed by atoms with Crippen LogP contribution in [0.1, 0.15) is 16.7 Å². The predicted molar refractivity (Wildman–Crippen MR) is 83.6 cm³/mol. The van der Waals surface area contributed by atoms with E-state index in [1.807, 2.05) is 36.4 Å². The Morgan fingerprint density at radius 1 is 1.05 bits per heavy atom. The summed E-state index contributed by atoms with van der Waals surface area (Å²) in [5, 5.41) is 12.4. The van der Waals surface area contributed by atoms with Crippen LogP contribution in [0.2, 0.25) is 0 Å². The lowest BCUT2D eigenvalue weighted by molar-refractivity contribution is 0.282. The van der Waals surface area contributed by atoms with Gasteiger partial charge in [-0.3, -0.25) is 0 Å². The van der Waals surface area contributed by atoms with Gasteiger partial charge in [0.15, 0.2) is 0 Å². The summed E-state index contributed by atoms with van der Waals surface area (Å²) in [6.07, 6.45) is 0. The monoisotopic (exact) mass is 335 g/mol. The number of methoxy groups -OCH3 is 1. The first kappa shape index (κ1) is 15.0. The van der Waals surface area contributed by atoms with Crippen molar-refractivity contribution in [2.45, 2.75) is 19.7 Å². The van der Waals surface area contributed by atoms with Gasteiger partial charge in [0, 0.05) is 23.1 Å². The Kier molecular flexibility index (Phi) is 5.59. The molecule has 0 radical (unpaired) electrons. The Morgan fingerprint density at radius 2 is 1.75 bits per heavy atom. The van der Waals surface area contributed by atoms with Gasteiger partial charge in [0.2, 0.25) is 0 Å². The fourth-order valence-corrected chi connectivity index (χ4v) is 2.40. The van der Waals surface area contributed by atoms with E-state index in [1.54, 1.807) is 7.11 Å². The van der Waals surface area contributed by atoms with E-state index in [9.17, 15) is 0 Å². The zero-order valence-electron chi connectivity index (χ0n) is 11.4. The highest BCUT2D eigenvalue weighted by Gasteiger charge is 2.03. The van der Waals surface area contributed by atoms with Gasteiger partial charge in [0.25, 0.3) is 0 Å². The summed E-state index contributed by atoms with van der Waals surface area (Å²) in [6.45, 7) is 1.61. The van der Waals surface area contributed by atoms with Crippen molar-refractivity contribution < 1.29 is 9.84 Å². The molecule has 4 heteroatoms. The number of halogens is 1. The first-order valence-electron chi connectivity index (χ1n) is 6.44. The maximum atomic E-state index is 9.00. The van der Waals surface area contributed by atoms with Gasteiger partial charge in [0.1, 0.15) is 5.75 Å². The van der Waals surface area contributed by atoms with Crippen LogP contribution in [0, 0.1) is 0 Å². The maximum Gasteiger partial charge on any atom is 0.123 e. The van der Waals surface area contributed by atoms with Gasteiger partial charge in [-0.05, 0) is 29.3 Å². The standard InChI is InChI=1S/C16H18BrNO2/c1-20-16-7-6-15(17)8-14(16)10-18-9-12-2-4-13(11-19)5-3-12/h2-8,18-19H,9-11H2,1H3.